The van der Waals surface area contributed by atoms with E-state index in [1.807, 2.05) is 36.4 Å². The van der Waals surface area contributed by atoms with Gasteiger partial charge in [0.2, 0.25) is 21.8 Å². The fourth-order valence-electron chi connectivity index (χ4n) is 5.40. The third kappa shape index (κ3) is 6.84. The second-order valence-electron chi connectivity index (χ2n) is 10.2. The van der Waals surface area contributed by atoms with E-state index in [2.05, 4.69) is 15.0 Å². The first-order valence-corrected chi connectivity index (χ1v) is 15.7. The number of aryl methyl sites for hydroxylation is 1. The van der Waals surface area contributed by atoms with Gasteiger partial charge in [0.05, 0.1) is 11.4 Å². The zero-order chi connectivity index (χ0) is 27.4. The number of aromatic nitrogens is 1. The highest BCUT2D eigenvalue weighted by atomic mass is 32.2. The van der Waals surface area contributed by atoms with E-state index in [9.17, 15) is 18.0 Å². The number of nitrogens with two attached hydrogens (primary N) is 1. The Balaban J connectivity index is 1.30. The molecule has 0 saturated carbocycles. The molecule has 1 fully saturated rings. The highest BCUT2D eigenvalue weighted by Gasteiger charge is 2.39. The van der Waals surface area contributed by atoms with Crippen molar-refractivity contribution in [2.24, 2.45) is 0 Å². The maximum atomic E-state index is 13.9. The van der Waals surface area contributed by atoms with Gasteiger partial charge in [-0.25, -0.2) is 18.1 Å². The van der Waals surface area contributed by atoms with Crippen LogP contribution in [0.25, 0.3) is 0 Å². The van der Waals surface area contributed by atoms with Crippen LogP contribution in [0.4, 0.5) is 5.13 Å². The number of hydrogen-bond donors (Lipinski definition) is 3. The molecule has 3 aromatic rings. The molecule has 1 saturated heterocycles. The SMILES string of the molecule is Nc1nc2c(s1)CC(NC(=O)[C@@H]1CCCN1C(=O)[C@@H](Cc1ccccc1)NS(=O)(=O)Cc1ccccc1)CC2. The van der Waals surface area contributed by atoms with Crippen LogP contribution >= 0.6 is 11.3 Å². The molecule has 0 bridgehead atoms. The summed E-state index contributed by atoms with van der Waals surface area (Å²) in [4.78, 5) is 34.2. The van der Waals surface area contributed by atoms with Crippen molar-refractivity contribution in [3.05, 3.63) is 82.4 Å². The number of rotatable bonds is 9. The lowest BCUT2D eigenvalue weighted by molar-refractivity contribution is -0.140. The molecule has 4 N–H and O–H groups in total. The van der Waals surface area contributed by atoms with Crippen LogP contribution in [0, 0.1) is 0 Å². The number of nitrogen functional groups attached to an aromatic ring is 1. The normalized spacial score (nSPS) is 19.8. The molecule has 2 amide bonds. The molecule has 1 aliphatic heterocycles. The fraction of sp³-hybridized carbons (Fsp3) is 0.393. The summed E-state index contributed by atoms with van der Waals surface area (Å²) in [6.45, 7) is 0.406. The number of anilines is 1. The smallest absolute Gasteiger partial charge is 0.243 e. The number of likely N-dealkylation sites (tertiary alicyclic amines) is 1. The minimum absolute atomic E-state index is 0.0492. The molecule has 2 aromatic carbocycles. The Morgan fingerprint density at radius 2 is 1.74 bits per heavy atom. The third-order valence-electron chi connectivity index (χ3n) is 7.24. The lowest BCUT2D eigenvalue weighted by Gasteiger charge is -2.30. The van der Waals surface area contributed by atoms with Crippen LogP contribution in [0.2, 0.25) is 0 Å². The van der Waals surface area contributed by atoms with Crippen LogP contribution in [0.15, 0.2) is 60.7 Å². The summed E-state index contributed by atoms with van der Waals surface area (Å²) in [6, 6.07) is 16.5. The number of benzene rings is 2. The Bertz CT molecular complexity index is 1410. The Morgan fingerprint density at radius 3 is 2.46 bits per heavy atom. The monoisotopic (exact) mass is 567 g/mol. The van der Waals surface area contributed by atoms with E-state index in [0.29, 0.717) is 36.5 Å². The molecule has 0 radical (unpaired) electrons. The molecule has 1 unspecified atom stereocenters. The molecule has 2 heterocycles. The Hall–Kier alpha value is -3.28. The van der Waals surface area contributed by atoms with Crippen molar-refractivity contribution in [1.29, 1.82) is 0 Å². The minimum Gasteiger partial charge on any atom is -0.375 e. The predicted octanol–water partition coefficient (Wildman–Crippen LogP) is 2.42. The highest BCUT2D eigenvalue weighted by Crippen LogP contribution is 2.29. The van der Waals surface area contributed by atoms with Gasteiger partial charge in [0.25, 0.3) is 0 Å². The molecule has 1 aromatic heterocycles. The molecule has 1 aliphatic carbocycles. The maximum Gasteiger partial charge on any atom is 0.243 e. The van der Waals surface area contributed by atoms with Crippen LogP contribution in [-0.4, -0.2) is 54.8 Å². The Kier molecular flexibility index (Phi) is 8.29. The van der Waals surface area contributed by atoms with Gasteiger partial charge in [0.1, 0.15) is 12.1 Å². The number of amides is 2. The van der Waals surface area contributed by atoms with Gasteiger partial charge in [0, 0.05) is 23.9 Å². The second kappa shape index (κ2) is 11.8. The van der Waals surface area contributed by atoms with Gasteiger partial charge in [-0.15, -0.1) is 11.3 Å². The zero-order valence-corrected chi connectivity index (χ0v) is 23.2. The van der Waals surface area contributed by atoms with Crippen LogP contribution in [-0.2, 0) is 44.6 Å². The lowest BCUT2D eigenvalue weighted by atomic mass is 9.97. The van der Waals surface area contributed by atoms with Crippen molar-refractivity contribution >= 4 is 38.3 Å². The van der Waals surface area contributed by atoms with Gasteiger partial charge in [-0.3, -0.25) is 9.59 Å². The Morgan fingerprint density at radius 1 is 1.05 bits per heavy atom. The quantitative estimate of drug-likeness (QED) is 0.364. The molecule has 39 heavy (non-hydrogen) atoms. The molecule has 3 atom stereocenters. The summed E-state index contributed by atoms with van der Waals surface area (Å²) in [5.74, 6) is -0.811. The summed E-state index contributed by atoms with van der Waals surface area (Å²) in [5, 5.41) is 3.67. The number of nitrogens with zero attached hydrogens (tertiary/aromatic N) is 2. The van der Waals surface area contributed by atoms with Crippen LogP contribution in [0.1, 0.15) is 41.0 Å². The second-order valence-corrected chi connectivity index (χ2v) is 13.0. The van der Waals surface area contributed by atoms with Crippen molar-refractivity contribution < 1.29 is 18.0 Å². The summed E-state index contributed by atoms with van der Waals surface area (Å²) in [5.41, 5.74) is 8.33. The zero-order valence-electron chi connectivity index (χ0n) is 21.6. The third-order valence-corrected chi connectivity index (χ3v) is 9.55. The number of nitrogens with one attached hydrogen (secondary N) is 2. The van der Waals surface area contributed by atoms with Crippen molar-refractivity contribution in [3.63, 3.8) is 0 Å². The maximum absolute atomic E-state index is 13.9. The van der Waals surface area contributed by atoms with Gasteiger partial charge >= 0.3 is 0 Å². The largest absolute Gasteiger partial charge is 0.375 e. The van der Waals surface area contributed by atoms with Crippen LogP contribution in [0.3, 0.4) is 0 Å². The summed E-state index contributed by atoms with van der Waals surface area (Å²) >= 11 is 1.45. The predicted molar refractivity (Wildman–Crippen MR) is 151 cm³/mol. The molecular formula is C28H33N5O4S2. The molecule has 9 nitrogen and oxygen atoms in total. The van der Waals surface area contributed by atoms with Gasteiger partial charge in [-0.1, -0.05) is 60.7 Å². The average molecular weight is 568 g/mol. The number of hydrogen-bond acceptors (Lipinski definition) is 7. The lowest BCUT2D eigenvalue weighted by Crippen LogP contribution is -2.55. The van der Waals surface area contributed by atoms with Crippen LogP contribution < -0.4 is 15.8 Å². The number of carbonyl (C=O) groups excluding carboxylic acids is 2. The van der Waals surface area contributed by atoms with E-state index in [-0.39, 0.29) is 30.0 Å². The van der Waals surface area contributed by atoms with E-state index < -0.39 is 22.1 Å². The molecule has 5 rings (SSSR count). The van der Waals surface area contributed by atoms with E-state index in [1.54, 1.807) is 29.2 Å². The topological polar surface area (TPSA) is 134 Å². The first-order valence-electron chi connectivity index (χ1n) is 13.2. The molecular weight excluding hydrogens is 534 g/mol. The van der Waals surface area contributed by atoms with Gasteiger partial charge in [-0.2, -0.15) is 0 Å². The first kappa shape index (κ1) is 27.3. The van der Waals surface area contributed by atoms with Crippen molar-refractivity contribution in [3.8, 4) is 0 Å². The molecule has 0 spiro atoms. The van der Waals surface area contributed by atoms with E-state index >= 15 is 0 Å². The van der Waals surface area contributed by atoms with Gasteiger partial charge in [0.15, 0.2) is 5.13 Å². The number of sulfonamides is 1. The first-order chi connectivity index (χ1) is 18.8. The molecule has 11 heteroatoms. The van der Waals surface area contributed by atoms with Crippen LogP contribution in [0.5, 0.6) is 0 Å². The molecule has 206 valence electrons. The van der Waals surface area contributed by atoms with Crippen molar-refractivity contribution in [2.45, 2.75) is 62.4 Å². The van der Waals surface area contributed by atoms with Gasteiger partial charge in [-0.05, 0) is 43.2 Å². The Labute approximate surface area is 232 Å². The van der Waals surface area contributed by atoms with E-state index in [0.717, 1.165) is 29.0 Å². The van der Waals surface area contributed by atoms with E-state index in [4.69, 9.17) is 5.73 Å². The summed E-state index contributed by atoms with van der Waals surface area (Å²) < 4.78 is 28.9. The summed E-state index contributed by atoms with van der Waals surface area (Å²) in [6.07, 6.45) is 3.60. The van der Waals surface area contributed by atoms with Crippen molar-refractivity contribution in [1.82, 2.24) is 19.9 Å². The fourth-order valence-corrected chi connectivity index (χ4v) is 7.69. The number of fused-ring (bicyclic) bond motifs is 1. The average Bonchev–Trinajstić information content (AvgIpc) is 3.54. The van der Waals surface area contributed by atoms with Crippen molar-refractivity contribution in [2.75, 3.05) is 12.3 Å². The molecule has 2 aliphatic rings. The van der Waals surface area contributed by atoms with Gasteiger partial charge < -0.3 is 16.0 Å². The number of carbonyl (C=O) groups is 2. The minimum atomic E-state index is -3.83. The standard InChI is InChI=1S/C28H33N5O4S2/c29-28-31-22-14-13-21(17-25(22)38-28)30-26(34)24-12-7-15-33(24)27(35)23(16-19-8-3-1-4-9-19)32-39(36,37)18-20-10-5-2-6-11-20/h1-6,8-11,21,23-24,32H,7,12-18H2,(H2,29,31)(H,30,34)/t21?,23-,24+/m1/s1. The summed E-state index contributed by atoms with van der Waals surface area (Å²) in [7, 11) is -3.83. The highest BCUT2D eigenvalue weighted by molar-refractivity contribution is 7.88. The van der Waals surface area contributed by atoms with E-state index in [1.165, 1.54) is 11.3 Å². The number of thiazole rings is 1.